The molecule has 2 rings (SSSR count). The fourth-order valence-electron chi connectivity index (χ4n) is 2.02. The molecule has 1 aliphatic carbocycles. The average Bonchev–Trinajstić information content (AvgIpc) is 3.11. The molecule has 1 aromatic rings. The minimum atomic E-state index is -0.282. The second-order valence-corrected chi connectivity index (χ2v) is 4.91. The van der Waals surface area contributed by atoms with E-state index in [2.05, 4.69) is 19.2 Å². The van der Waals surface area contributed by atoms with Crippen LogP contribution in [0, 0.1) is 5.82 Å². The quantitative estimate of drug-likeness (QED) is 0.849. The Labute approximate surface area is 102 Å². The van der Waals surface area contributed by atoms with Crippen LogP contribution in [0.25, 0.3) is 0 Å². The molecular formula is C14H20FNO. The van der Waals surface area contributed by atoms with Crippen molar-refractivity contribution in [2.45, 2.75) is 44.7 Å². The first-order chi connectivity index (χ1) is 8.11. The van der Waals surface area contributed by atoms with E-state index >= 15 is 0 Å². The summed E-state index contributed by atoms with van der Waals surface area (Å²) in [6.45, 7) is 4.28. The summed E-state index contributed by atoms with van der Waals surface area (Å²) in [5.41, 5.74) is 1.02. The van der Waals surface area contributed by atoms with Gasteiger partial charge < -0.3 is 10.1 Å². The van der Waals surface area contributed by atoms with Gasteiger partial charge in [-0.1, -0.05) is 13.0 Å². The molecule has 2 unspecified atom stereocenters. The molecule has 0 aliphatic heterocycles. The highest BCUT2D eigenvalue weighted by molar-refractivity contribution is 5.31. The van der Waals surface area contributed by atoms with Gasteiger partial charge in [-0.3, -0.25) is 0 Å². The molecule has 2 atom stereocenters. The summed E-state index contributed by atoms with van der Waals surface area (Å²) in [4.78, 5) is 0. The number of halogens is 1. The molecule has 1 fully saturated rings. The van der Waals surface area contributed by atoms with Gasteiger partial charge in [0.15, 0.2) is 11.6 Å². The molecule has 0 aromatic heterocycles. The third-order valence-electron chi connectivity index (χ3n) is 3.53. The summed E-state index contributed by atoms with van der Waals surface area (Å²) in [6.07, 6.45) is 2.54. The van der Waals surface area contributed by atoms with Crippen molar-refractivity contribution in [2.24, 2.45) is 0 Å². The number of benzene rings is 1. The predicted molar refractivity (Wildman–Crippen MR) is 67.0 cm³/mol. The highest BCUT2D eigenvalue weighted by atomic mass is 19.1. The molecule has 0 spiro atoms. The van der Waals surface area contributed by atoms with Crippen molar-refractivity contribution in [1.82, 2.24) is 5.32 Å². The Bertz CT molecular complexity index is 390. The monoisotopic (exact) mass is 237 g/mol. The molecule has 1 N–H and O–H groups in total. The average molecular weight is 237 g/mol. The minimum Gasteiger partial charge on any atom is -0.494 e. The molecule has 1 aromatic carbocycles. The standard InChI is InChI=1S/C14H20FNO/c1-9(10(2)16-12-5-6-12)11-4-7-14(17-3)13(15)8-11/h4,7-10,12,16H,5-6H2,1-3H3. The van der Waals surface area contributed by atoms with Crippen LogP contribution in [0.2, 0.25) is 0 Å². The lowest BCUT2D eigenvalue weighted by molar-refractivity contribution is 0.385. The summed E-state index contributed by atoms with van der Waals surface area (Å²) < 4.78 is 18.5. The van der Waals surface area contributed by atoms with E-state index in [9.17, 15) is 4.39 Å². The molecule has 0 heterocycles. The van der Waals surface area contributed by atoms with E-state index < -0.39 is 0 Å². The minimum absolute atomic E-state index is 0.282. The zero-order valence-corrected chi connectivity index (χ0v) is 10.7. The number of hydrogen-bond acceptors (Lipinski definition) is 2. The Hall–Kier alpha value is -1.09. The van der Waals surface area contributed by atoms with Crippen LogP contribution in [-0.4, -0.2) is 19.2 Å². The Kier molecular flexibility index (Phi) is 3.67. The highest BCUT2D eigenvalue weighted by Gasteiger charge is 2.25. The Morgan fingerprint density at radius 2 is 2.06 bits per heavy atom. The summed E-state index contributed by atoms with van der Waals surface area (Å²) in [5, 5.41) is 3.55. The number of methoxy groups -OCH3 is 1. The van der Waals surface area contributed by atoms with Crippen molar-refractivity contribution < 1.29 is 9.13 Å². The first-order valence-corrected chi connectivity index (χ1v) is 6.21. The lowest BCUT2D eigenvalue weighted by Crippen LogP contribution is -2.32. The van der Waals surface area contributed by atoms with Gasteiger partial charge in [-0.05, 0) is 43.4 Å². The van der Waals surface area contributed by atoms with E-state index in [-0.39, 0.29) is 5.82 Å². The zero-order chi connectivity index (χ0) is 12.4. The van der Waals surface area contributed by atoms with Crippen molar-refractivity contribution in [2.75, 3.05) is 7.11 Å². The van der Waals surface area contributed by atoms with Gasteiger partial charge in [0.25, 0.3) is 0 Å². The maximum atomic E-state index is 13.6. The predicted octanol–water partition coefficient (Wildman–Crippen LogP) is 3.08. The van der Waals surface area contributed by atoms with Crippen LogP contribution in [0.5, 0.6) is 5.75 Å². The molecule has 0 saturated heterocycles. The lowest BCUT2D eigenvalue weighted by Gasteiger charge is -2.22. The van der Waals surface area contributed by atoms with Crippen LogP contribution in [-0.2, 0) is 0 Å². The van der Waals surface area contributed by atoms with Gasteiger partial charge >= 0.3 is 0 Å². The number of ether oxygens (including phenoxy) is 1. The third kappa shape index (κ3) is 2.97. The van der Waals surface area contributed by atoms with Crippen molar-refractivity contribution in [3.63, 3.8) is 0 Å². The normalized spacial score (nSPS) is 18.8. The number of rotatable bonds is 5. The molecule has 0 bridgehead atoms. The fraction of sp³-hybridized carbons (Fsp3) is 0.571. The van der Waals surface area contributed by atoms with Gasteiger partial charge in [0, 0.05) is 12.1 Å². The van der Waals surface area contributed by atoms with Crippen LogP contribution in [0.4, 0.5) is 4.39 Å². The third-order valence-corrected chi connectivity index (χ3v) is 3.53. The molecule has 1 aliphatic rings. The van der Waals surface area contributed by atoms with E-state index in [1.165, 1.54) is 20.0 Å². The largest absolute Gasteiger partial charge is 0.494 e. The van der Waals surface area contributed by atoms with Crippen LogP contribution in [0.1, 0.15) is 38.2 Å². The first-order valence-electron chi connectivity index (χ1n) is 6.21. The summed E-state index contributed by atoms with van der Waals surface area (Å²) >= 11 is 0. The summed E-state index contributed by atoms with van der Waals surface area (Å²) in [5.74, 6) is 0.329. The molecule has 94 valence electrons. The molecule has 1 saturated carbocycles. The Morgan fingerprint density at radius 1 is 1.35 bits per heavy atom. The Balaban J connectivity index is 2.06. The van der Waals surface area contributed by atoms with Gasteiger partial charge in [-0.15, -0.1) is 0 Å². The maximum Gasteiger partial charge on any atom is 0.165 e. The van der Waals surface area contributed by atoms with Crippen molar-refractivity contribution in [1.29, 1.82) is 0 Å². The lowest BCUT2D eigenvalue weighted by atomic mass is 9.94. The van der Waals surface area contributed by atoms with Crippen molar-refractivity contribution in [3.8, 4) is 5.75 Å². The van der Waals surface area contributed by atoms with Gasteiger partial charge in [-0.2, -0.15) is 0 Å². The number of nitrogens with one attached hydrogen (secondary N) is 1. The molecule has 2 nitrogen and oxygen atoms in total. The second kappa shape index (κ2) is 5.05. The van der Waals surface area contributed by atoms with Gasteiger partial charge in [0.1, 0.15) is 0 Å². The van der Waals surface area contributed by atoms with Gasteiger partial charge in [-0.25, -0.2) is 4.39 Å². The SMILES string of the molecule is COc1ccc(C(C)C(C)NC2CC2)cc1F. The van der Waals surface area contributed by atoms with Crippen LogP contribution in [0.3, 0.4) is 0 Å². The van der Waals surface area contributed by atoms with Crippen molar-refractivity contribution >= 4 is 0 Å². The first kappa shape index (κ1) is 12.4. The molecular weight excluding hydrogens is 217 g/mol. The molecule has 0 radical (unpaired) electrons. The van der Waals surface area contributed by atoms with Crippen LogP contribution < -0.4 is 10.1 Å². The van der Waals surface area contributed by atoms with E-state index in [0.29, 0.717) is 23.8 Å². The van der Waals surface area contributed by atoms with Crippen LogP contribution >= 0.6 is 0 Å². The molecule has 3 heteroatoms. The number of hydrogen-bond donors (Lipinski definition) is 1. The second-order valence-electron chi connectivity index (χ2n) is 4.91. The van der Waals surface area contributed by atoms with Gasteiger partial charge in [0.2, 0.25) is 0 Å². The maximum absolute atomic E-state index is 13.6. The topological polar surface area (TPSA) is 21.3 Å². The Morgan fingerprint density at radius 3 is 2.59 bits per heavy atom. The van der Waals surface area contributed by atoms with Crippen molar-refractivity contribution in [3.05, 3.63) is 29.6 Å². The van der Waals surface area contributed by atoms with Gasteiger partial charge in [0.05, 0.1) is 7.11 Å². The highest BCUT2D eigenvalue weighted by Crippen LogP contribution is 2.27. The van der Waals surface area contributed by atoms with E-state index in [0.717, 1.165) is 5.56 Å². The fourth-order valence-corrected chi connectivity index (χ4v) is 2.02. The van der Waals surface area contributed by atoms with E-state index in [1.807, 2.05) is 6.07 Å². The van der Waals surface area contributed by atoms with Crippen LogP contribution in [0.15, 0.2) is 18.2 Å². The zero-order valence-electron chi connectivity index (χ0n) is 10.7. The molecule has 17 heavy (non-hydrogen) atoms. The summed E-state index contributed by atoms with van der Waals surface area (Å²) in [7, 11) is 1.48. The summed E-state index contributed by atoms with van der Waals surface area (Å²) in [6, 6.07) is 6.27. The van der Waals surface area contributed by atoms with E-state index in [4.69, 9.17) is 4.74 Å². The van der Waals surface area contributed by atoms with E-state index in [1.54, 1.807) is 12.1 Å². The molecule has 0 amide bonds. The smallest absolute Gasteiger partial charge is 0.165 e.